The first-order valence-corrected chi connectivity index (χ1v) is 10.7. The molecule has 2 fully saturated rings. The van der Waals surface area contributed by atoms with Gasteiger partial charge >= 0.3 is 5.97 Å². The highest BCUT2D eigenvalue weighted by Crippen LogP contribution is 2.52. The van der Waals surface area contributed by atoms with Gasteiger partial charge in [-0.25, -0.2) is 9.18 Å². The van der Waals surface area contributed by atoms with Crippen LogP contribution in [0.3, 0.4) is 0 Å². The van der Waals surface area contributed by atoms with Crippen molar-refractivity contribution in [2.75, 3.05) is 13.1 Å². The topological polar surface area (TPSA) is 72.4 Å². The molecule has 1 saturated carbocycles. The minimum atomic E-state index is -0.772. The number of benzene rings is 1. The summed E-state index contributed by atoms with van der Waals surface area (Å²) < 4.78 is 18.9. The van der Waals surface area contributed by atoms with E-state index in [-0.39, 0.29) is 17.7 Å². The normalized spacial score (nSPS) is 22.7. The molecule has 2 aromatic heterocycles. The summed E-state index contributed by atoms with van der Waals surface area (Å²) in [7, 11) is 0. The van der Waals surface area contributed by atoms with Gasteiger partial charge in [-0.15, -0.1) is 0 Å². The van der Waals surface area contributed by atoms with Crippen molar-refractivity contribution in [1.29, 1.82) is 0 Å². The molecule has 0 N–H and O–H groups in total. The van der Waals surface area contributed by atoms with Crippen molar-refractivity contribution in [3.05, 3.63) is 83.6 Å². The number of esters is 1. The van der Waals surface area contributed by atoms with Gasteiger partial charge < -0.3 is 9.64 Å². The highest BCUT2D eigenvalue weighted by molar-refractivity contribution is 5.95. The fourth-order valence-electron chi connectivity index (χ4n) is 5.02. The summed E-state index contributed by atoms with van der Waals surface area (Å²) in [5.41, 5.74) is 2.43. The Balaban J connectivity index is 1.24. The molecule has 0 bridgehead atoms. The SMILES string of the molecule is O=C1OC2(CCN(C(=O)C3(c4ccc(-c5ccc(F)cc5)nc4)CC3)C2)c2ccncc21. The zero-order valence-electron chi connectivity index (χ0n) is 17.3. The van der Waals surface area contributed by atoms with Crippen molar-refractivity contribution in [1.82, 2.24) is 14.9 Å². The predicted molar refractivity (Wildman–Crippen MR) is 113 cm³/mol. The molecule has 1 atom stereocenters. The second kappa shape index (κ2) is 6.69. The van der Waals surface area contributed by atoms with Crippen molar-refractivity contribution in [2.24, 2.45) is 0 Å². The second-order valence-electron chi connectivity index (χ2n) is 8.80. The maximum Gasteiger partial charge on any atom is 0.341 e. The van der Waals surface area contributed by atoms with Crippen LogP contribution in [0, 0.1) is 5.82 Å². The molecule has 1 saturated heterocycles. The number of carbonyl (C=O) groups excluding carboxylic acids is 2. The molecule has 2 aliphatic heterocycles. The Morgan fingerprint density at radius 2 is 1.84 bits per heavy atom. The summed E-state index contributed by atoms with van der Waals surface area (Å²) >= 11 is 0. The molecule has 1 spiro atoms. The molecule has 7 heteroatoms. The lowest BCUT2D eigenvalue weighted by Gasteiger charge is -2.26. The van der Waals surface area contributed by atoms with Crippen molar-refractivity contribution in [3.8, 4) is 11.3 Å². The van der Waals surface area contributed by atoms with Gasteiger partial charge in [0.05, 0.1) is 23.2 Å². The number of carbonyl (C=O) groups is 2. The van der Waals surface area contributed by atoms with Crippen LogP contribution < -0.4 is 0 Å². The fourth-order valence-corrected chi connectivity index (χ4v) is 5.02. The Morgan fingerprint density at radius 1 is 1.03 bits per heavy atom. The molecule has 3 aliphatic rings. The van der Waals surface area contributed by atoms with Crippen molar-refractivity contribution in [2.45, 2.75) is 30.3 Å². The molecule has 6 nitrogen and oxygen atoms in total. The molecule has 0 radical (unpaired) electrons. The molecular formula is C25H20FN3O3. The van der Waals surface area contributed by atoms with E-state index < -0.39 is 11.0 Å². The van der Waals surface area contributed by atoms with E-state index in [1.807, 2.05) is 23.1 Å². The number of ether oxygens (including phenoxy) is 1. The molecule has 6 rings (SSSR count). The van der Waals surface area contributed by atoms with Gasteiger partial charge in [-0.2, -0.15) is 0 Å². The number of amides is 1. The lowest BCUT2D eigenvalue weighted by Crippen LogP contribution is -2.40. The van der Waals surface area contributed by atoms with E-state index in [0.717, 1.165) is 35.2 Å². The average molecular weight is 429 g/mol. The van der Waals surface area contributed by atoms with Crippen molar-refractivity contribution >= 4 is 11.9 Å². The van der Waals surface area contributed by atoms with Crippen LogP contribution in [0.1, 0.15) is 40.7 Å². The lowest BCUT2D eigenvalue weighted by atomic mass is 9.92. The van der Waals surface area contributed by atoms with Crippen LogP contribution in [0.2, 0.25) is 0 Å². The average Bonchev–Trinajstić information content (AvgIpc) is 3.46. The van der Waals surface area contributed by atoms with Crippen LogP contribution in [-0.4, -0.2) is 39.8 Å². The molecule has 1 unspecified atom stereocenters. The van der Waals surface area contributed by atoms with E-state index in [0.29, 0.717) is 25.1 Å². The van der Waals surface area contributed by atoms with Crippen LogP contribution in [0.5, 0.6) is 0 Å². The van der Waals surface area contributed by atoms with E-state index in [1.54, 1.807) is 24.5 Å². The highest BCUT2D eigenvalue weighted by Gasteiger charge is 2.57. The van der Waals surface area contributed by atoms with Gasteiger partial charge in [0, 0.05) is 42.7 Å². The molecule has 1 amide bonds. The predicted octanol–water partition coefficient (Wildman–Crippen LogP) is 3.61. The van der Waals surface area contributed by atoms with Gasteiger partial charge in [0.25, 0.3) is 0 Å². The van der Waals surface area contributed by atoms with Crippen LogP contribution in [0.25, 0.3) is 11.3 Å². The maximum atomic E-state index is 13.6. The maximum absolute atomic E-state index is 13.6. The largest absolute Gasteiger partial charge is 0.449 e. The molecule has 3 aromatic rings. The third-order valence-corrected chi connectivity index (χ3v) is 6.95. The number of aromatic nitrogens is 2. The van der Waals surface area contributed by atoms with E-state index in [9.17, 15) is 14.0 Å². The van der Waals surface area contributed by atoms with E-state index >= 15 is 0 Å². The number of pyridine rings is 2. The third-order valence-electron chi connectivity index (χ3n) is 6.95. The minimum absolute atomic E-state index is 0.0595. The monoisotopic (exact) mass is 429 g/mol. The van der Waals surface area contributed by atoms with Gasteiger partial charge in [0.2, 0.25) is 5.91 Å². The standard InChI is InChI=1S/C25H20FN3O3/c26-18-4-1-16(2-5-18)21-6-3-17(13-28-21)24(8-9-24)23(31)29-12-10-25(15-29)20-7-11-27-14-19(20)22(30)32-25/h1-7,11,13-14H,8-10,12,15H2. The number of hydrogen-bond donors (Lipinski definition) is 0. The summed E-state index contributed by atoms with van der Waals surface area (Å²) in [6.45, 7) is 0.897. The van der Waals surface area contributed by atoms with Gasteiger partial charge in [-0.1, -0.05) is 6.07 Å². The summed E-state index contributed by atoms with van der Waals surface area (Å²) in [5, 5.41) is 0. The number of nitrogens with zero attached hydrogens (tertiary/aromatic N) is 3. The molecule has 1 aliphatic carbocycles. The minimum Gasteiger partial charge on any atom is -0.449 e. The van der Waals surface area contributed by atoms with E-state index in [2.05, 4.69) is 9.97 Å². The van der Waals surface area contributed by atoms with Gasteiger partial charge in [-0.05, 0) is 54.8 Å². The van der Waals surface area contributed by atoms with Crippen LogP contribution >= 0.6 is 0 Å². The third kappa shape index (κ3) is 2.77. The summed E-state index contributed by atoms with van der Waals surface area (Å²) in [6, 6.07) is 11.8. The van der Waals surface area contributed by atoms with Crippen LogP contribution in [-0.2, 0) is 20.5 Å². The Labute approximate surface area is 184 Å². The Bertz CT molecular complexity index is 1240. The first-order valence-electron chi connectivity index (χ1n) is 10.7. The Morgan fingerprint density at radius 3 is 2.56 bits per heavy atom. The summed E-state index contributed by atoms with van der Waals surface area (Å²) in [5.74, 6) is -0.600. The van der Waals surface area contributed by atoms with Crippen LogP contribution in [0.4, 0.5) is 4.39 Å². The highest BCUT2D eigenvalue weighted by atomic mass is 19.1. The summed E-state index contributed by atoms with van der Waals surface area (Å²) in [4.78, 5) is 36.3. The molecule has 160 valence electrons. The summed E-state index contributed by atoms with van der Waals surface area (Å²) in [6.07, 6.45) is 7.07. The second-order valence-corrected chi connectivity index (χ2v) is 8.80. The van der Waals surface area contributed by atoms with E-state index in [1.165, 1.54) is 18.3 Å². The van der Waals surface area contributed by atoms with Gasteiger partial charge in [0.15, 0.2) is 5.60 Å². The molecule has 32 heavy (non-hydrogen) atoms. The smallest absolute Gasteiger partial charge is 0.341 e. The number of halogens is 1. The van der Waals surface area contributed by atoms with Crippen LogP contribution in [0.15, 0.2) is 61.1 Å². The molecular weight excluding hydrogens is 409 g/mol. The zero-order chi connectivity index (χ0) is 21.9. The molecule has 1 aromatic carbocycles. The Kier molecular flexibility index (Phi) is 4.00. The van der Waals surface area contributed by atoms with Crippen molar-refractivity contribution < 1.29 is 18.7 Å². The quantitative estimate of drug-likeness (QED) is 0.595. The molecule has 4 heterocycles. The number of hydrogen-bond acceptors (Lipinski definition) is 5. The van der Waals surface area contributed by atoms with Gasteiger partial charge in [0.1, 0.15) is 5.82 Å². The Hall–Kier alpha value is -3.61. The number of likely N-dealkylation sites (tertiary alicyclic amines) is 1. The lowest BCUT2D eigenvalue weighted by molar-refractivity contribution is -0.134. The van der Waals surface area contributed by atoms with Crippen molar-refractivity contribution in [3.63, 3.8) is 0 Å². The number of fused-ring (bicyclic) bond motifs is 2. The number of rotatable bonds is 3. The fraction of sp³-hybridized carbons (Fsp3) is 0.280. The van der Waals surface area contributed by atoms with Gasteiger partial charge in [-0.3, -0.25) is 14.8 Å². The van der Waals surface area contributed by atoms with E-state index in [4.69, 9.17) is 4.74 Å². The first kappa shape index (κ1) is 19.1. The first-order chi connectivity index (χ1) is 15.5. The zero-order valence-corrected chi connectivity index (χ0v) is 17.3.